The first-order valence-corrected chi connectivity index (χ1v) is 11.8. The SMILES string of the molecule is NC(=O)[C@@H]1CN(Cc2cc3nc(Cl)nc(N4CCOCC4)c3s2)CC[C@H]1N1CCC1. The van der Waals surface area contributed by atoms with E-state index in [0.717, 1.165) is 61.7 Å². The molecule has 0 bridgehead atoms. The fourth-order valence-electron chi connectivity index (χ4n) is 4.76. The molecule has 2 aromatic heterocycles. The van der Waals surface area contributed by atoms with E-state index in [1.807, 2.05) is 0 Å². The van der Waals surface area contributed by atoms with Gasteiger partial charge in [-0.25, -0.2) is 4.98 Å². The minimum atomic E-state index is -0.180. The van der Waals surface area contributed by atoms with Crippen molar-refractivity contribution in [1.29, 1.82) is 0 Å². The fraction of sp³-hybridized carbons (Fsp3) is 0.650. The molecular weight excluding hydrogens is 424 g/mol. The standard InChI is InChI=1S/C20H27ClN6O2S/c21-20-23-15-10-13(30-17(15)19(24-20)27-6-8-29-9-7-27)11-25-5-2-16(26-3-1-4-26)14(12-25)18(22)28/h10,14,16H,1-9,11-12H2,(H2,22,28)/t14-,16-/m1/s1. The number of rotatable bonds is 5. The minimum Gasteiger partial charge on any atom is -0.378 e. The molecule has 0 radical (unpaired) electrons. The number of halogens is 1. The van der Waals surface area contributed by atoms with E-state index < -0.39 is 0 Å². The highest BCUT2D eigenvalue weighted by Crippen LogP contribution is 2.35. The number of carbonyl (C=O) groups is 1. The van der Waals surface area contributed by atoms with E-state index in [4.69, 9.17) is 22.1 Å². The van der Waals surface area contributed by atoms with Crippen LogP contribution in [0.15, 0.2) is 6.07 Å². The van der Waals surface area contributed by atoms with Gasteiger partial charge in [-0.05, 0) is 43.6 Å². The number of primary amides is 1. The number of hydrogen-bond donors (Lipinski definition) is 1. The molecule has 5 heterocycles. The molecule has 0 aliphatic carbocycles. The molecule has 0 saturated carbocycles. The van der Waals surface area contributed by atoms with E-state index in [-0.39, 0.29) is 17.1 Å². The number of fused-ring (bicyclic) bond motifs is 1. The predicted octanol–water partition coefficient (Wildman–Crippen LogP) is 1.56. The van der Waals surface area contributed by atoms with Crippen LogP contribution < -0.4 is 10.6 Å². The monoisotopic (exact) mass is 450 g/mol. The molecule has 2 aromatic rings. The van der Waals surface area contributed by atoms with Gasteiger partial charge in [-0.2, -0.15) is 4.98 Å². The van der Waals surface area contributed by atoms with Gasteiger partial charge in [0.15, 0.2) is 5.82 Å². The van der Waals surface area contributed by atoms with Crippen molar-refractivity contribution in [2.75, 3.05) is 57.4 Å². The first kappa shape index (κ1) is 20.4. The third-order valence-electron chi connectivity index (χ3n) is 6.45. The van der Waals surface area contributed by atoms with Crippen LogP contribution in [0.25, 0.3) is 10.2 Å². The summed E-state index contributed by atoms with van der Waals surface area (Å²) in [5, 5.41) is 0.275. The second kappa shape index (κ2) is 8.55. The molecule has 1 amide bonds. The molecule has 30 heavy (non-hydrogen) atoms. The highest BCUT2D eigenvalue weighted by atomic mass is 35.5. The number of hydrogen-bond acceptors (Lipinski definition) is 8. The zero-order valence-electron chi connectivity index (χ0n) is 16.9. The van der Waals surface area contributed by atoms with Crippen molar-refractivity contribution in [2.45, 2.75) is 25.4 Å². The molecule has 2 N–H and O–H groups in total. The number of likely N-dealkylation sites (tertiary alicyclic amines) is 2. The number of aromatic nitrogens is 2. The molecule has 162 valence electrons. The lowest BCUT2D eigenvalue weighted by atomic mass is 9.88. The summed E-state index contributed by atoms with van der Waals surface area (Å²) < 4.78 is 6.54. The second-order valence-corrected chi connectivity index (χ2v) is 9.81. The molecule has 3 fully saturated rings. The van der Waals surface area contributed by atoms with Crippen molar-refractivity contribution < 1.29 is 9.53 Å². The second-order valence-electron chi connectivity index (χ2n) is 8.33. The first-order chi connectivity index (χ1) is 14.6. The van der Waals surface area contributed by atoms with E-state index in [1.165, 1.54) is 11.3 Å². The Morgan fingerprint density at radius 1 is 1.23 bits per heavy atom. The number of anilines is 1. The van der Waals surface area contributed by atoms with Gasteiger partial charge in [-0.1, -0.05) is 0 Å². The largest absolute Gasteiger partial charge is 0.378 e. The lowest BCUT2D eigenvalue weighted by Crippen LogP contribution is -2.58. The summed E-state index contributed by atoms with van der Waals surface area (Å²) in [6, 6.07) is 2.41. The number of nitrogens with two attached hydrogens (primary N) is 1. The number of ether oxygens (including phenoxy) is 1. The number of amides is 1. The Hall–Kier alpha value is -1.52. The summed E-state index contributed by atoms with van der Waals surface area (Å²) in [5.41, 5.74) is 6.66. The van der Waals surface area contributed by atoms with Crippen LogP contribution in [-0.2, 0) is 16.1 Å². The van der Waals surface area contributed by atoms with Gasteiger partial charge in [0.25, 0.3) is 0 Å². The van der Waals surface area contributed by atoms with Crippen LogP contribution in [0.2, 0.25) is 5.28 Å². The lowest BCUT2D eigenvalue weighted by Gasteiger charge is -2.46. The lowest BCUT2D eigenvalue weighted by molar-refractivity contribution is -0.127. The molecule has 0 unspecified atom stereocenters. The Morgan fingerprint density at radius 3 is 2.73 bits per heavy atom. The van der Waals surface area contributed by atoms with E-state index in [1.54, 1.807) is 11.3 Å². The number of morpholine rings is 1. The van der Waals surface area contributed by atoms with Gasteiger partial charge in [-0.3, -0.25) is 14.6 Å². The van der Waals surface area contributed by atoms with Crippen LogP contribution in [0.1, 0.15) is 17.7 Å². The summed E-state index contributed by atoms with van der Waals surface area (Å²) in [6.45, 7) is 7.67. The Balaban J connectivity index is 1.34. The Kier molecular flexibility index (Phi) is 5.81. The van der Waals surface area contributed by atoms with E-state index in [0.29, 0.717) is 25.8 Å². The normalized spacial score (nSPS) is 26.1. The van der Waals surface area contributed by atoms with Crippen molar-refractivity contribution in [3.8, 4) is 0 Å². The molecular formula is C20H27ClN6O2S. The third kappa shape index (κ3) is 4.01. The quantitative estimate of drug-likeness (QED) is 0.691. The van der Waals surface area contributed by atoms with E-state index >= 15 is 0 Å². The van der Waals surface area contributed by atoms with Gasteiger partial charge in [0, 0.05) is 43.6 Å². The van der Waals surface area contributed by atoms with Crippen LogP contribution in [0, 0.1) is 5.92 Å². The van der Waals surface area contributed by atoms with Crippen molar-refractivity contribution >= 4 is 44.9 Å². The van der Waals surface area contributed by atoms with Crippen LogP contribution in [0.5, 0.6) is 0 Å². The van der Waals surface area contributed by atoms with E-state index in [9.17, 15) is 4.79 Å². The number of carbonyl (C=O) groups excluding carboxylic acids is 1. The number of piperidine rings is 1. The first-order valence-electron chi connectivity index (χ1n) is 10.6. The topological polar surface area (TPSA) is 87.8 Å². The summed E-state index contributed by atoms with van der Waals surface area (Å²) in [6.07, 6.45) is 2.21. The zero-order chi connectivity index (χ0) is 20.7. The third-order valence-corrected chi connectivity index (χ3v) is 7.73. The molecule has 10 heteroatoms. The Labute approximate surface area is 184 Å². The summed E-state index contributed by atoms with van der Waals surface area (Å²) in [4.78, 5) is 29.3. The van der Waals surface area contributed by atoms with Crippen LogP contribution in [0.4, 0.5) is 5.82 Å². The van der Waals surface area contributed by atoms with Gasteiger partial charge >= 0.3 is 0 Å². The van der Waals surface area contributed by atoms with Gasteiger partial charge in [-0.15, -0.1) is 11.3 Å². The van der Waals surface area contributed by atoms with Gasteiger partial charge < -0.3 is 15.4 Å². The zero-order valence-corrected chi connectivity index (χ0v) is 18.5. The summed E-state index contributed by atoms with van der Waals surface area (Å²) in [7, 11) is 0. The molecule has 0 spiro atoms. The maximum atomic E-state index is 12.1. The molecule has 3 saturated heterocycles. The van der Waals surface area contributed by atoms with Crippen LogP contribution in [0.3, 0.4) is 0 Å². The van der Waals surface area contributed by atoms with Crippen LogP contribution >= 0.6 is 22.9 Å². The Bertz CT molecular complexity index is 929. The predicted molar refractivity (Wildman–Crippen MR) is 118 cm³/mol. The number of nitrogens with zero attached hydrogens (tertiary/aromatic N) is 5. The molecule has 3 aliphatic heterocycles. The van der Waals surface area contributed by atoms with Gasteiger partial charge in [0.1, 0.15) is 0 Å². The highest BCUT2D eigenvalue weighted by Gasteiger charge is 2.38. The van der Waals surface area contributed by atoms with Crippen molar-refractivity contribution in [1.82, 2.24) is 19.8 Å². The summed E-state index contributed by atoms with van der Waals surface area (Å²) in [5.74, 6) is 0.614. The fourth-order valence-corrected chi connectivity index (χ4v) is 6.09. The molecule has 2 atom stereocenters. The molecule has 8 nitrogen and oxygen atoms in total. The maximum Gasteiger partial charge on any atom is 0.224 e. The average molecular weight is 451 g/mol. The molecule has 0 aromatic carbocycles. The molecule has 3 aliphatic rings. The average Bonchev–Trinajstić information content (AvgIpc) is 3.09. The van der Waals surface area contributed by atoms with Crippen molar-refractivity contribution in [3.05, 3.63) is 16.2 Å². The van der Waals surface area contributed by atoms with E-state index in [2.05, 4.69) is 30.7 Å². The minimum absolute atomic E-state index is 0.105. The maximum absolute atomic E-state index is 12.1. The molecule has 5 rings (SSSR count). The van der Waals surface area contributed by atoms with Crippen molar-refractivity contribution in [2.24, 2.45) is 11.7 Å². The Morgan fingerprint density at radius 2 is 2.03 bits per heavy atom. The van der Waals surface area contributed by atoms with Gasteiger partial charge in [0.2, 0.25) is 11.2 Å². The number of thiophene rings is 1. The smallest absolute Gasteiger partial charge is 0.224 e. The van der Waals surface area contributed by atoms with Crippen LogP contribution in [-0.4, -0.2) is 84.2 Å². The van der Waals surface area contributed by atoms with Crippen molar-refractivity contribution in [3.63, 3.8) is 0 Å². The summed E-state index contributed by atoms with van der Waals surface area (Å²) >= 11 is 7.94. The van der Waals surface area contributed by atoms with Gasteiger partial charge in [0.05, 0.1) is 29.3 Å². The highest BCUT2D eigenvalue weighted by molar-refractivity contribution is 7.19.